The molecular formula is C126H91N3. The van der Waals surface area contributed by atoms with Crippen LogP contribution in [0.15, 0.2) is 552 Å². The molecule has 0 radical (unpaired) electrons. The number of rotatable bonds is 19. The van der Waals surface area contributed by atoms with Gasteiger partial charge in [0.2, 0.25) is 0 Å². The van der Waals surface area contributed by atoms with Crippen LogP contribution in [0.2, 0.25) is 0 Å². The maximum Gasteiger partial charge on any atom is 0.0462 e. The molecule has 0 aliphatic heterocycles. The zero-order valence-corrected chi connectivity index (χ0v) is 71.4. The van der Waals surface area contributed by atoms with Crippen LogP contribution in [0.25, 0.3) is 144 Å². The van der Waals surface area contributed by atoms with Crippen LogP contribution < -0.4 is 14.7 Å². The first-order valence-electron chi connectivity index (χ1n) is 44.1. The average Bonchev–Trinajstić information content (AvgIpc) is 0.809. The molecule has 129 heavy (non-hydrogen) atoms. The van der Waals surface area contributed by atoms with E-state index in [0.717, 1.165) is 51.2 Å². The van der Waals surface area contributed by atoms with Gasteiger partial charge in [0.25, 0.3) is 0 Å². The zero-order valence-electron chi connectivity index (χ0n) is 71.4. The van der Waals surface area contributed by atoms with E-state index < -0.39 is 0 Å². The van der Waals surface area contributed by atoms with E-state index in [0.29, 0.717) is 0 Å². The van der Waals surface area contributed by atoms with Gasteiger partial charge in [0.05, 0.1) is 0 Å². The zero-order chi connectivity index (χ0) is 86.3. The second-order valence-electron chi connectivity index (χ2n) is 32.4. The topological polar surface area (TPSA) is 9.72 Å². The normalized spacial score (nSPS) is 10.9. The van der Waals surface area contributed by atoms with Crippen LogP contribution in [-0.4, -0.2) is 0 Å². The van der Waals surface area contributed by atoms with Gasteiger partial charge in [0, 0.05) is 51.2 Å². The third kappa shape index (κ3) is 18.5. The van der Waals surface area contributed by atoms with Crippen LogP contribution in [-0.2, 0) is 0 Å². The number of para-hydroxylation sites is 1. The Morgan fingerprint density at radius 1 is 0.0775 bits per heavy atom. The third-order valence-electron chi connectivity index (χ3n) is 24.2. The lowest BCUT2D eigenvalue weighted by Gasteiger charge is -2.26. The molecule has 0 N–H and O–H groups in total. The molecule has 3 heteroatoms. The van der Waals surface area contributed by atoms with Crippen LogP contribution in [0.3, 0.4) is 0 Å². The minimum absolute atomic E-state index is 1.11. The van der Waals surface area contributed by atoms with Crippen molar-refractivity contribution in [2.75, 3.05) is 14.7 Å². The summed E-state index contributed by atoms with van der Waals surface area (Å²) in [7, 11) is 0. The summed E-state index contributed by atoms with van der Waals surface area (Å²) >= 11 is 0. The number of nitrogens with zero attached hydrogens (tertiary/aromatic N) is 3. The predicted octanol–water partition coefficient (Wildman–Crippen LogP) is 35.6. The quantitative estimate of drug-likeness (QED) is 0.0799. The van der Waals surface area contributed by atoms with Gasteiger partial charge in [0.1, 0.15) is 0 Å². The molecule has 22 aromatic rings. The Labute approximate surface area is 756 Å². The molecule has 0 fully saturated rings. The molecule has 0 aromatic heterocycles. The van der Waals surface area contributed by atoms with E-state index >= 15 is 0 Å². The smallest absolute Gasteiger partial charge is 0.0462 e. The highest BCUT2D eigenvalue weighted by atomic mass is 15.2. The van der Waals surface area contributed by atoms with Gasteiger partial charge in [-0.05, 0) is 271 Å². The number of benzene rings is 22. The maximum absolute atomic E-state index is 2.33. The molecule has 0 heterocycles. The largest absolute Gasteiger partial charge is 0.311 e. The van der Waals surface area contributed by atoms with Crippen LogP contribution in [0, 0.1) is 0 Å². The van der Waals surface area contributed by atoms with E-state index in [1.54, 1.807) is 0 Å². The van der Waals surface area contributed by atoms with E-state index in [2.05, 4.69) is 567 Å². The highest BCUT2D eigenvalue weighted by Gasteiger charge is 2.19. The first-order chi connectivity index (χ1) is 63.9. The first kappa shape index (κ1) is 80.4. The summed E-state index contributed by atoms with van der Waals surface area (Å²) in [5.41, 5.74) is 34.4. The summed E-state index contributed by atoms with van der Waals surface area (Å²) in [4.78, 5) is 6.96. The van der Waals surface area contributed by atoms with Gasteiger partial charge < -0.3 is 14.7 Å². The van der Waals surface area contributed by atoms with Crippen LogP contribution in [0.4, 0.5) is 51.2 Å². The molecule has 3 nitrogen and oxygen atoms in total. The standard InChI is InChI=1S/C46H33N.2C40H29N/c1-3-9-34(10-4-1)38-21-27-44(28-22-38)47(45-29-23-39(24-30-45)35-11-5-2-6-12-35)46-31-25-40(26-32-46)37-15-17-41(18-16-37)43-20-19-36-13-7-8-14-42(36)33-43;1-3-9-30(10-4-1)33-21-25-39(26-22-33)41(38-13-5-2-6-14-38)40-27-23-34(24-28-40)32-15-17-35(18-16-32)37-20-19-31-11-7-8-12-36(31)29-37;1-3-9-30(10-4-1)33-17-23-38(24-18-33)41(39-25-19-34(20-26-39)31-11-5-2-6-12-31)40-27-21-35(22-28-40)37-16-15-32-13-7-8-14-36(32)29-37/h1-33H;2*1-29H. The van der Waals surface area contributed by atoms with E-state index in [4.69, 9.17) is 0 Å². The summed E-state index contributed by atoms with van der Waals surface area (Å²) in [6, 6.07) is 197. The van der Waals surface area contributed by atoms with Crippen molar-refractivity contribution in [1.29, 1.82) is 0 Å². The summed E-state index contributed by atoms with van der Waals surface area (Å²) in [5, 5.41) is 7.58. The Hall–Kier alpha value is -17.0. The third-order valence-corrected chi connectivity index (χ3v) is 24.2. The molecule has 0 atom stereocenters. The summed E-state index contributed by atoms with van der Waals surface area (Å²) < 4.78 is 0. The van der Waals surface area contributed by atoms with Crippen LogP contribution in [0.5, 0.6) is 0 Å². The van der Waals surface area contributed by atoms with Gasteiger partial charge in [0.15, 0.2) is 0 Å². The van der Waals surface area contributed by atoms with Crippen molar-refractivity contribution in [1.82, 2.24) is 0 Å². The second kappa shape index (κ2) is 38.0. The molecular weight excluding hydrogens is 1560 g/mol. The monoisotopic (exact) mass is 1650 g/mol. The van der Waals surface area contributed by atoms with Crippen LogP contribution >= 0.6 is 0 Å². The van der Waals surface area contributed by atoms with Gasteiger partial charge >= 0.3 is 0 Å². The number of hydrogen-bond acceptors (Lipinski definition) is 3. The van der Waals surface area contributed by atoms with E-state index in [1.165, 1.54) is 144 Å². The molecule has 610 valence electrons. The van der Waals surface area contributed by atoms with E-state index in [9.17, 15) is 0 Å². The fourth-order valence-corrected chi connectivity index (χ4v) is 17.3. The van der Waals surface area contributed by atoms with Crippen molar-refractivity contribution in [3.05, 3.63) is 552 Å². The SMILES string of the molecule is c1ccc(-c2ccc(N(c3ccc(-c4ccccc4)cc3)c3ccc(-c4ccc(-c5ccc6ccccc6c5)cc4)cc3)cc2)cc1.c1ccc(-c2ccc(N(c3ccc(-c4ccccc4)cc3)c3ccc(-c4ccc5ccccc5c4)cc3)cc2)cc1.c1ccc(-c2ccc(N(c3ccccc3)c3ccc(-c4ccc(-c5ccc6ccccc6c5)cc4)cc3)cc2)cc1. The lowest BCUT2D eigenvalue weighted by Crippen LogP contribution is -2.09. The van der Waals surface area contributed by atoms with Crippen molar-refractivity contribution in [2.24, 2.45) is 0 Å². The molecule has 0 aliphatic rings. The summed E-state index contributed by atoms with van der Waals surface area (Å²) in [6.07, 6.45) is 0. The number of hydrogen-bond donors (Lipinski definition) is 0. The van der Waals surface area contributed by atoms with Crippen molar-refractivity contribution in [3.63, 3.8) is 0 Å². The van der Waals surface area contributed by atoms with Gasteiger partial charge in [-0.2, -0.15) is 0 Å². The Morgan fingerprint density at radius 3 is 0.372 bits per heavy atom. The predicted molar refractivity (Wildman–Crippen MR) is 550 cm³/mol. The van der Waals surface area contributed by atoms with Crippen molar-refractivity contribution in [2.45, 2.75) is 0 Å². The molecule has 0 spiro atoms. The van der Waals surface area contributed by atoms with Gasteiger partial charge in [-0.15, -0.1) is 0 Å². The maximum atomic E-state index is 2.33. The fourth-order valence-electron chi connectivity index (χ4n) is 17.3. The Kier molecular flexibility index (Phi) is 23.7. The minimum atomic E-state index is 1.11. The molecule has 22 aromatic carbocycles. The van der Waals surface area contributed by atoms with Crippen LogP contribution in [0.1, 0.15) is 0 Å². The highest BCUT2D eigenvalue weighted by molar-refractivity contribution is 5.92. The van der Waals surface area contributed by atoms with E-state index in [1.807, 2.05) is 0 Å². The molecule has 0 saturated heterocycles. The molecule has 0 unspecified atom stereocenters. The lowest BCUT2D eigenvalue weighted by atomic mass is 9.98. The lowest BCUT2D eigenvalue weighted by molar-refractivity contribution is 1.28. The fraction of sp³-hybridized carbons (Fsp3) is 0. The van der Waals surface area contributed by atoms with Crippen molar-refractivity contribution in [3.8, 4) is 111 Å². The van der Waals surface area contributed by atoms with Crippen molar-refractivity contribution >= 4 is 83.5 Å². The van der Waals surface area contributed by atoms with Gasteiger partial charge in [-0.3, -0.25) is 0 Å². The Bertz CT molecular complexity index is 7280. The van der Waals surface area contributed by atoms with Gasteiger partial charge in [-0.1, -0.05) is 425 Å². The molecule has 0 saturated carbocycles. The van der Waals surface area contributed by atoms with Gasteiger partial charge in [-0.25, -0.2) is 0 Å². The minimum Gasteiger partial charge on any atom is -0.311 e. The Morgan fingerprint density at radius 2 is 0.194 bits per heavy atom. The highest BCUT2D eigenvalue weighted by Crippen LogP contribution is 2.43. The Balaban J connectivity index is 0.000000122. The van der Waals surface area contributed by atoms with E-state index in [-0.39, 0.29) is 0 Å². The summed E-state index contributed by atoms with van der Waals surface area (Å²) in [6.45, 7) is 0. The number of fused-ring (bicyclic) bond motifs is 3. The molecule has 0 amide bonds. The van der Waals surface area contributed by atoms with Crippen molar-refractivity contribution < 1.29 is 0 Å². The molecule has 0 bridgehead atoms. The second-order valence-corrected chi connectivity index (χ2v) is 32.4. The number of anilines is 9. The molecule has 22 rings (SSSR count). The average molecular weight is 1650 g/mol. The molecule has 0 aliphatic carbocycles. The first-order valence-corrected chi connectivity index (χ1v) is 44.1. The summed E-state index contributed by atoms with van der Waals surface area (Å²) in [5.74, 6) is 0.